The fourth-order valence-electron chi connectivity index (χ4n) is 1.50. The van der Waals surface area contributed by atoms with E-state index in [1.54, 1.807) is 0 Å². The molecule has 17 heavy (non-hydrogen) atoms. The highest BCUT2D eigenvalue weighted by Crippen LogP contribution is 2.21. The van der Waals surface area contributed by atoms with Gasteiger partial charge in [-0.3, -0.25) is 4.55 Å². The number of carboxylic acids is 1. The van der Waals surface area contributed by atoms with Crippen LogP contribution in [-0.4, -0.2) is 67.3 Å². The maximum atomic E-state index is 10.7. The van der Waals surface area contributed by atoms with Crippen LogP contribution >= 0.6 is 0 Å². The molecule has 0 saturated carbocycles. The molecule has 2 unspecified atom stereocenters. The Morgan fingerprint density at radius 3 is 2.47 bits per heavy atom. The Bertz CT molecular complexity index is 377. The molecule has 10 heteroatoms. The monoisotopic (exact) mass is 272 g/mol. The number of aliphatic hydroxyl groups excluding tert-OH is 1. The smallest absolute Gasteiger partial charge is 0.397 e. The molecule has 100 valence electrons. The molecule has 9 nitrogen and oxygen atoms in total. The molecule has 0 aromatic carbocycles. The zero-order chi connectivity index (χ0) is 13.2. The van der Waals surface area contributed by atoms with E-state index in [2.05, 4.69) is 4.18 Å². The fraction of sp³-hybridized carbons (Fsp3) is 0.857. The predicted molar refractivity (Wildman–Crippen MR) is 50.6 cm³/mol. The molecule has 0 radical (unpaired) electrons. The van der Waals surface area contributed by atoms with Crippen molar-refractivity contribution in [3.05, 3.63) is 0 Å². The Morgan fingerprint density at radius 2 is 2.06 bits per heavy atom. The van der Waals surface area contributed by atoms with Crippen LogP contribution < -0.4 is 0 Å². The van der Waals surface area contributed by atoms with E-state index in [0.717, 1.165) is 7.11 Å². The van der Waals surface area contributed by atoms with Crippen molar-refractivity contribution in [3.63, 3.8) is 0 Å². The number of hydrogen-bond acceptors (Lipinski definition) is 7. The molecule has 4 atom stereocenters. The minimum Gasteiger partial charge on any atom is -0.479 e. The van der Waals surface area contributed by atoms with Crippen LogP contribution in [0.3, 0.4) is 0 Å². The number of aliphatic hydroxyl groups is 1. The van der Waals surface area contributed by atoms with E-state index >= 15 is 0 Å². The van der Waals surface area contributed by atoms with E-state index in [1.807, 2.05) is 0 Å². The van der Waals surface area contributed by atoms with Crippen molar-refractivity contribution < 1.29 is 41.6 Å². The molecule has 0 aromatic rings. The minimum absolute atomic E-state index is 0.502. The number of ether oxygens (including phenoxy) is 2. The van der Waals surface area contributed by atoms with Crippen molar-refractivity contribution in [3.8, 4) is 0 Å². The molecule has 3 N–H and O–H groups in total. The van der Waals surface area contributed by atoms with E-state index in [4.69, 9.17) is 19.1 Å². The van der Waals surface area contributed by atoms with Gasteiger partial charge in [0.1, 0.15) is 18.3 Å². The Hall–Kier alpha value is -0.780. The van der Waals surface area contributed by atoms with Gasteiger partial charge in [0, 0.05) is 7.11 Å². The van der Waals surface area contributed by atoms with Crippen LogP contribution in [0.2, 0.25) is 0 Å². The first-order valence-corrected chi connectivity index (χ1v) is 5.83. The van der Waals surface area contributed by atoms with Gasteiger partial charge in [0.25, 0.3) is 0 Å². The van der Waals surface area contributed by atoms with Crippen molar-refractivity contribution in [2.24, 2.45) is 0 Å². The Labute approximate surface area is 96.9 Å². The van der Waals surface area contributed by atoms with Crippen LogP contribution in [-0.2, 0) is 28.9 Å². The van der Waals surface area contributed by atoms with Crippen molar-refractivity contribution in [2.45, 2.75) is 24.4 Å². The Balaban J connectivity index is 2.80. The molecule has 1 rings (SSSR count). The van der Waals surface area contributed by atoms with Crippen LogP contribution in [0, 0.1) is 0 Å². The highest BCUT2D eigenvalue weighted by Gasteiger charge is 2.45. The molecule has 0 amide bonds. The number of rotatable bonds is 4. The summed E-state index contributed by atoms with van der Waals surface area (Å²) < 4.78 is 43.0. The third-order valence-corrected chi connectivity index (χ3v) is 2.71. The van der Waals surface area contributed by atoms with Crippen LogP contribution in [0.4, 0.5) is 0 Å². The molecule has 0 aliphatic carbocycles. The van der Waals surface area contributed by atoms with Crippen molar-refractivity contribution in [2.75, 3.05) is 13.7 Å². The standard InChI is InChI=1S/C7H12O9S/c1-14-5-4(8)3(16-17(11,12)13)2-15-6(5)7(9)10/h3-6,8H,2H2,1H3,(H,9,10)(H,11,12,13)/t3?,4-,5-,6?/m0/s1. The van der Waals surface area contributed by atoms with Crippen LogP contribution in [0.15, 0.2) is 0 Å². The van der Waals surface area contributed by atoms with E-state index in [0.29, 0.717) is 0 Å². The molecule has 1 aliphatic heterocycles. The highest BCUT2D eigenvalue weighted by molar-refractivity contribution is 7.80. The second kappa shape index (κ2) is 5.25. The average Bonchev–Trinajstić information content (AvgIpc) is 2.18. The number of carbonyl (C=O) groups is 1. The molecular formula is C7H12O9S. The second-order valence-corrected chi connectivity index (χ2v) is 4.39. The molecular weight excluding hydrogens is 260 g/mol. The van der Waals surface area contributed by atoms with Gasteiger partial charge in [0.15, 0.2) is 6.10 Å². The summed E-state index contributed by atoms with van der Waals surface area (Å²) in [5, 5.41) is 18.4. The molecule has 1 aliphatic rings. The summed E-state index contributed by atoms with van der Waals surface area (Å²) in [4.78, 5) is 10.7. The summed E-state index contributed by atoms with van der Waals surface area (Å²) in [6.45, 7) is -0.502. The number of methoxy groups -OCH3 is 1. The minimum atomic E-state index is -4.77. The van der Waals surface area contributed by atoms with Crippen LogP contribution in [0.25, 0.3) is 0 Å². The van der Waals surface area contributed by atoms with E-state index in [1.165, 1.54) is 0 Å². The van der Waals surface area contributed by atoms with Gasteiger partial charge in [-0.05, 0) is 0 Å². The van der Waals surface area contributed by atoms with Gasteiger partial charge >= 0.3 is 16.4 Å². The maximum Gasteiger partial charge on any atom is 0.397 e. The third-order valence-electron chi connectivity index (χ3n) is 2.22. The first-order chi connectivity index (χ1) is 7.76. The Morgan fingerprint density at radius 1 is 1.47 bits per heavy atom. The Kier molecular flexibility index (Phi) is 4.41. The van der Waals surface area contributed by atoms with Crippen LogP contribution in [0.5, 0.6) is 0 Å². The lowest BCUT2D eigenvalue weighted by Crippen LogP contribution is -2.57. The van der Waals surface area contributed by atoms with Crippen molar-refractivity contribution in [1.82, 2.24) is 0 Å². The van der Waals surface area contributed by atoms with Gasteiger partial charge in [0.05, 0.1) is 6.61 Å². The molecule has 0 spiro atoms. The van der Waals surface area contributed by atoms with Crippen molar-refractivity contribution in [1.29, 1.82) is 0 Å². The molecule has 1 fully saturated rings. The van der Waals surface area contributed by atoms with Gasteiger partial charge in [-0.2, -0.15) is 8.42 Å². The van der Waals surface area contributed by atoms with Gasteiger partial charge in [-0.15, -0.1) is 0 Å². The van der Waals surface area contributed by atoms with E-state index in [9.17, 15) is 18.3 Å². The highest BCUT2D eigenvalue weighted by atomic mass is 32.3. The molecule has 0 bridgehead atoms. The predicted octanol–water partition coefficient (Wildman–Crippen LogP) is -1.97. The van der Waals surface area contributed by atoms with Crippen molar-refractivity contribution >= 4 is 16.4 Å². The zero-order valence-corrected chi connectivity index (χ0v) is 9.53. The van der Waals surface area contributed by atoms with E-state index < -0.39 is 47.4 Å². The lowest BCUT2D eigenvalue weighted by Gasteiger charge is -2.36. The fourth-order valence-corrected chi connectivity index (χ4v) is 1.98. The lowest BCUT2D eigenvalue weighted by atomic mass is 10.00. The zero-order valence-electron chi connectivity index (χ0n) is 8.72. The third kappa shape index (κ3) is 3.59. The number of carboxylic acid groups (broad SMARTS) is 1. The summed E-state index contributed by atoms with van der Waals surface area (Å²) in [5.41, 5.74) is 0. The molecule has 1 saturated heterocycles. The van der Waals surface area contributed by atoms with Gasteiger partial charge in [-0.25, -0.2) is 8.98 Å². The van der Waals surface area contributed by atoms with Gasteiger partial charge < -0.3 is 19.7 Å². The quantitative estimate of drug-likeness (QED) is 0.497. The SMILES string of the molecule is CO[C@@H]1C(C(=O)O)OCC(OS(=O)(=O)O)[C@@H]1O. The molecule has 1 heterocycles. The normalized spacial score (nSPS) is 34.5. The summed E-state index contributed by atoms with van der Waals surface area (Å²) in [5.74, 6) is -1.36. The number of aliphatic carboxylic acids is 1. The second-order valence-electron chi connectivity index (χ2n) is 3.35. The lowest BCUT2D eigenvalue weighted by molar-refractivity contribution is -0.204. The summed E-state index contributed by atoms with van der Waals surface area (Å²) in [7, 11) is -3.64. The van der Waals surface area contributed by atoms with Crippen LogP contribution in [0.1, 0.15) is 0 Å². The first-order valence-electron chi connectivity index (χ1n) is 4.47. The summed E-state index contributed by atoms with van der Waals surface area (Å²) >= 11 is 0. The first kappa shape index (κ1) is 14.3. The van der Waals surface area contributed by atoms with Gasteiger partial charge in [0.2, 0.25) is 0 Å². The average molecular weight is 272 g/mol. The largest absolute Gasteiger partial charge is 0.479 e. The maximum absolute atomic E-state index is 10.7. The topological polar surface area (TPSA) is 140 Å². The summed E-state index contributed by atoms with van der Waals surface area (Å²) in [6.07, 6.45) is -5.72. The van der Waals surface area contributed by atoms with E-state index in [-0.39, 0.29) is 0 Å². The van der Waals surface area contributed by atoms with Gasteiger partial charge in [-0.1, -0.05) is 0 Å². The summed E-state index contributed by atoms with van der Waals surface area (Å²) in [6, 6.07) is 0. The molecule has 0 aromatic heterocycles. The number of hydrogen-bond donors (Lipinski definition) is 3.